The highest BCUT2D eigenvalue weighted by Gasteiger charge is 2.26. The Balaban J connectivity index is 1.22. The standard InChI is InChI=1S/C25H26N4O2/c1-17-12-21-23(13-18(17)2)29(16-26-21)15-19-8-10-28(11-9-19)25(30)22-14-24(31-27-22)20-6-4-3-5-7-20/h3-7,12-14,16,19H,8-11,15H2,1-2H3. The van der Waals surface area contributed by atoms with Crippen molar-refractivity contribution in [1.82, 2.24) is 19.6 Å². The predicted octanol–water partition coefficient (Wildman–Crippen LogP) is 4.86. The van der Waals surface area contributed by atoms with Crippen LogP contribution >= 0.6 is 0 Å². The number of carbonyl (C=O) groups excluding carboxylic acids is 1. The van der Waals surface area contributed by atoms with Gasteiger partial charge < -0.3 is 14.0 Å². The number of likely N-dealkylation sites (tertiary alicyclic amines) is 1. The molecule has 0 saturated carbocycles. The molecule has 1 amide bonds. The van der Waals surface area contributed by atoms with Crippen LogP contribution in [-0.4, -0.2) is 38.6 Å². The van der Waals surface area contributed by atoms with Gasteiger partial charge in [0.05, 0.1) is 17.4 Å². The fourth-order valence-electron chi connectivity index (χ4n) is 4.33. The maximum absolute atomic E-state index is 12.9. The van der Waals surface area contributed by atoms with Crippen LogP contribution in [0.1, 0.15) is 34.5 Å². The maximum atomic E-state index is 12.9. The number of piperidine rings is 1. The van der Waals surface area contributed by atoms with Gasteiger partial charge in [0.1, 0.15) is 0 Å². The number of imidazole rings is 1. The minimum absolute atomic E-state index is 0.0523. The molecule has 0 unspecified atom stereocenters. The number of aryl methyl sites for hydroxylation is 2. The Morgan fingerprint density at radius 1 is 1.06 bits per heavy atom. The van der Waals surface area contributed by atoms with E-state index in [1.807, 2.05) is 41.6 Å². The first-order valence-electron chi connectivity index (χ1n) is 10.8. The van der Waals surface area contributed by atoms with Crippen molar-refractivity contribution in [2.24, 2.45) is 5.92 Å². The van der Waals surface area contributed by atoms with Gasteiger partial charge in [0, 0.05) is 31.3 Å². The van der Waals surface area contributed by atoms with Gasteiger partial charge in [0.2, 0.25) is 0 Å². The van der Waals surface area contributed by atoms with Crippen LogP contribution in [0.15, 0.2) is 59.4 Å². The highest BCUT2D eigenvalue weighted by molar-refractivity contribution is 5.93. The topological polar surface area (TPSA) is 64.2 Å². The van der Waals surface area contributed by atoms with Crippen LogP contribution in [0.25, 0.3) is 22.4 Å². The molecule has 158 valence electrons. The molecule has 1 saturated heterocycles. The second-order valence-corrected chi connectivity index (χ2v) is 8.50. The molecule has 6 nitrogen and oxygen atoms in total. The monoisotopic (exact) mass is 414 g/mol. The summed E-state index contributed by atoms with van der Waals surface area (Å²) in [6.07, 6.45) is 3.89. The Morgan fingerprint density at radius 2 is 1.81 bits per heavy atom. The van der Waals surface area contributed by atoms with Crippen molar-refractivity contribution in [2.75, 3.05) is 13.1 Å². The molecule has 0 N–H and O–H groups in total. The molecule has 1 fully saturated rings. The number of hydrogen-bond donors (Lipinski definition) is 0. The van der Waals surface area contributed by atoms with Crippen molar-refractivity contribution in [1.29, 1.82) is 0 Å². The molecule has 4 aromatic rings. The smallest absolute Gasteiger partial charge is 0.276 e. The Hall–Kier alpha value is -3.41. The number of benzene rings is 2. The van der Waals surface area contributed by atoms with Crippen LogP contribution in [0.4, 0.5) is 0 Å². The molecule has 0 radical (unpaired) electrons. The lowest BCUT2D eigenvalue weighted by atomic mass is 9.96. The highest BCUT2D eigenvalue weighted by atomic mass is 16.5. The summed E-state index contributed by atoms with van der Waals surface area (Å²) in [7, 11) is 0. The first-order chi connectivity index (χ1) is 15.1. The summed E-state index contributed by atoms with van der Waals surface area (Å²) in [6, 6.07) is 15.9. The van der Waals surface area contributed by atoms with E-state index in [2.05, 4.69) is 40.7 Å². The van der Waals surface area contributed by atoms with Crippen molar-refractivity contribution in [2.45, 2.75) is 33.2 Å². The van der Waals surface area contributed by atoms with E-state index >= 15 is 0 Å². The molecule has 1 aliphatic heterocycles. The first kappa shape index (κ1) is 19.5. The van der Waals surface area contributed by atoms with E-state index in [1.165, 1.54) is 16.6 Å². The Kier molecular flexibility index (Phi) is 5.06. The highest BCUT2D eigenvalue weighted by Crippen LogP contribution is 2.25. The van der Waals surface area contributed by atoms with Gasteiger partial charge in [-0.25, -0.2) is 4.98 Å². The lowest BCUT2D eigenvalue weighted by Crippen LogP contribution is -2.39. The summed E-state index contributed by atoms with van der Waals surface area (Å²) in [4.78, 5) is 19.4. The van der Waals surface area contributed by atoms with Crippen LogP contribution < -0.4 is 0 Å². The summed E-state index contributed by atoms with van der Waals surface area (Å²) < 4.78 is 7.66. The molecule has 2 aromatic heterocycles. The summed E-state index contributed by atoms with van der Waals surface area (Å²) >= 11 is 0. The third-order valence-corrected chi connectivity index (χ3v) is 6.38. The van der Waals surface area contributed by atoms with Gasteiger partial charge in [-0.05, 0) is 55.9 Å². The molecule has 0 atom stereocenters. The van der Waals surface area contributed by atoms with E-state index in [0.717, 1.165) is 43.6 Å². The van der Waals surface area contributed by atoms with E-state index in [0.29, 0.717) is 17.4 Å². The number of fused-ring (bicyclic) bond motifs is 1. The molecule has 31 heavy (non-hydrogen) atoms. The predicted molar refractivity (Wildman–Crippen MR) is 120 cm³/mol. The van der Waals surface area contributed by atoms with Gasteiger partial charge in [-0.3, -0.25) is 4.79 Å². The molecule has 0 aliphatic carbocycles. The van der Waals surface area contributed by atoms with Crippen LogP contribution in [0.3, 0.4) is 0 Å². The van der Waals surface area contributed by atoms with Crippen LogP contribution in [-0.2, 0) is 6.54 Å². The maximum Gasteiger partial charge on any atom is 0.276 e. The molecule has 6 heteroatoms. The number of amides is 1. The van der Waals surface area contributed by atoms with Gasteiger partial charge >= 0.3 is 0 Å². The summed E-state index contributed by atoms with van der Waals surface area (Å²) in [5, 5.41) is 4.02. The average Bonchev–Trinajstić information content (AvgIpc) is 3.43. The van der Waals surface area contributed by atoms with Crippen molar-refractivity contribution >= 4 is 16.9 Å². The summed E-state index contributed by atoms with van der Waals surface area (Å²) in [5.74, 6) is 1.10. The average molecular weight is 415 g/mol. The normalized spacial score (nSPS) is 15.0. The lowest BCUT2D eigenvalue weighted by Gasteiger charge is -2.31. The largest absolute Gasteiger partial charge is 0.355 e. The molecule has 1 aliphatic rings. The molecule has 0 bridgehead atoms. The quantitative estimate of drug-likeness (QED) is 0.478. The van der Waals surface area contributed by atoms with Crippen molar-refractivity contribution in [3.63, 3.8) is 0 Å². The van der Waals surface area contributed by atoms with Crippen molar-refractivity contribution in [3.8, 4) is 11.3 Å². The van der Waals surface area contributed by atoms with Crippen molar-refractivity contribution < 1.29 is 9.32 Å². The molecular weight excluding hydrogens is 388 g/mol. The molecular formula is C25H26N4O2. The summed E-state index contributed by atoms with van der Waals surface area (Å²) in [5.41, 5.74) is 6.10. The molecule has 2 aromatic carbocycles. The van der Waals surface area contributed by atoms with E-state index < -0.39 is 0 Å². The van der Waals surface area contributed by atoms with E-state index in [4.69, 9.17) is 4.52 Å². The van der Waals surface area contributed by atoms with E-state index in [-0.39, 0.29) is 5.91 Å². The van der Waals surface area contributed by atoms with Gasteiger partial charge in [0.15, 0.2) is 11.5 Å². The van der Waals surface area contributed by atoms with Gasteiger partial charge in [-0.2, -0.15) is 0 Å². The van der Waals surface area contributed by atoms with Crippen LogP contribution in [0, 0.1) is 19.8 Å². The Labute approximate surface area is 181 Å². The third-order valence-electron chi connectivity index (χ3n) is 6.38. The zero-order valence-corrected chi connectivity index (χ0v) is 17.9. The fraction of sp³-hybridized carbons (Fsp3) is 0.320. The Morgan fingerprint density at radius 3 is 2.58 bits per heavy atom. The van der Waals surface area contributed by atoms with E-state index in [1.54, 1.807) is 6.07 Å². The molecule has 0 spiro atoms. The van der Waals surface area contributed by atoms with Crippen LogP contribution in [0.5, 0.6) is 0 Å². The van der Waals surface area contributed by atoms with Gasteiger partial charge in [-0.15, -0.1) is 0 Å². The van der Waals surface area contributed by atoms with Crippen molar-refractivity contribution in [3.05, 3.63) is 71.7 Å². The Bertz CT molecular complexity index is 1220. The molecule has 5 rings (SSSR count). The van der Waals surface area contributed by atoms with Gasteiger partial charge in [-0.1, -0.05) is 35.5 Å². The minimum atomic E-state index is -0.0523. The zero-order chi connectivity index (χ0) is 21.4. The van der Waals surface area contributed by atoms with E-state index in [9.17, 15) is 4.79 Å². The number of nitrogens with zero attached hydrogens (tertiary/aromatic N) is 4. The SMILES string of the molecule is Cc1cc2ncn(CC3CCN(C(=O)c4cc(-c5ccccc5)on4)CC3)c2cc1C. The second kappa shape index (κ2) is 8.02. The lowest BCUT2D eigenvalue weighted by molar-refractivity contribution is 0.0673. The minimum Gasteiger partial charge on any atom is -0.355 e. The summed E-state index contributed by atoms with van der Waals surface area (Å²) in [6.45, 7) is 6.67. The number of hydrogen-bond acceptors (Lipinski definition) is 4. The fourth-order valence-corrected chi connectivity index (χ4v) is 4.33. The zero-order valence-electron chi connectivity index (χ0n) is 17.9. The number of carbonyl (C=O) groups is 1. The third kappa shape index (κ3) is 3.85. The second-order valence-electron chi connectivity index (χ2n) is 8.50. The molecule has 3 heterocycles. The number of rotatable bonds is 4. The van der Waals surface area contributed by atoms with Crippen LogP contribution in [0.2, 0.25) is 0 Å². The van der Waals surface area contributed by atoms with Gasteiger partial charge in [0.25, 0.3) is 5.91 Å². The first-order valence-corrected chi connectivity index (χ1v) is 10.8. The number of aromatic nitrogens is 3.